The van der Waals surface area contributed by atoms with Gasteiger partial charge in [0.05, 0.1) is 26.5 Å². The number of fused-ring (bicyclic) bond motifs is 5. The molecule has 0 saturated carbocycles. The fourth-order valence-corrected chi connectivity index (χ4v) is 5.32. The Kier molecular flexibility index (Phi) is 6.26. The van der Waals surface area contributed by atoms with Crippen molar-refractivity contribution in [2.24, 2.45) is 0 Å². The van der Waals surface area contributed by atoms with Gasteiger partial charge in [-0.3, -0.25) is 0 Å². The number of hydrogen-bond acceptors (Lipinski definition) is 4. The maximum Gasteiger partial charge on any atom is 0.132 e. The first-order valence-corrected chi connectivity index (χ1v) is 12.0. The molecule has 2 aliphatic rings. The molecule has 3 heterocycles. The van der Waals surface area contributed by atoms with E-state index in [1.807, 2.05) is 12.1 Å². The summed E-state index contributed by atoms with van der Waals surface area (Å²) in [6.07, 6.45) is 7.36. The molecule has 0 unspecified atom stereocenters. The van der Waals surface area contributed by atoms with Gasteiger partial charge in [0, 0.05) is 35.5 Å². The molecule has 0 radical (unpaired) electrons. The fourth-order valence-electron chi connectivity index (χ4n) is 5.32. The van der Waals surface area contributed by atoms with Crippen LogP contribution in [0, 0.1) is 0 Å². The second kappa shape index (κ2) is 9.45. The van der Waals surface area contributed by atoms with Crippen LogP contribution in [0.25, 0.3) is 22.2 Å². The van der Waals surface area contributed by atoms with Gasteiger partial charge in [0.2, 0.25) is 0 Å². The van der Waals surface area contributed by atoms with E-state index < -0.39 is 0 Å². The number of methoxy groups -OCH3 is 2. The van der Waals surface area contributed by atoms with E-state index in [4.69, 9.17) is 14.2 Å². The van der Waals surface area contributed by atoms with Crippen LogP contribution in [0.5, 0.6) is 17.2 Å². The highest BCUT2D eigenvalue weighted by molar-refractivity contribution is 5.94. The van der Waals surface area contributed by atoms with Crippen molar-refractivity contribution in [1.29, 1.82) is 0 Å². The topological polar surface area (TPSA) is 35.9 Å². The SMILES string of the molecule is COc1ccc2c(c1)OCCc1c-2n(CCCCCN2CCCC2)c2ccc(OC)cc12. The van der Waals surface area contributed by atoms with Crippen LogP contribution in [0.3, 0.4) is 0 Å². The Balaban J connectivity index is 1.47. The van der Waals surface area contributed by atoms with E-state index in [0.29, 0.717) is 6.61 Å². The Bertz CT molecular complexity index is 1080. The highest BCUT2D eigenvalue weighted by Gasteiger charge is 2.24. The summed E-state index contributed by atoms with van der Waals surface area (Å²) in [6.45, 7) is 5.51. The lowest BCUT2D eigenvalue weighted by atomic mass is 10.0. The summed E-state index contributed by atoms with van der Waals surface area (Å²) in [5.74, 6) is 2.65. The summed E-state index contributed by atoms with van der Waals surface area (Å²) < 4.78 is 19.7. The Morgan fingerprint density at radius 2 is 1.62 bits per heavy atom. The quantitative estimate of drug-likeness (QED) is 0.437. The molecule has 3 aromatic rings. The van der Waals surface area contributed by atoms with Crippen LogP contribution in [-0.4, -0.2) is 49.9 Å². The summed E-state index contributed by atoms with van der Waals surface area (Å²) in [7, 11) is 3.44. The third kappa shape index (κ3) is 4.06. The monoisotopic (exact) mass is 434 g/mol. The van der Waals surface area contributed by atoms with Crippen molar-refractivity contribution in [2.45, 2.75) is 45.1 Å². The van der Waals surface area contributed by atoms with Crippen LogP contribution >= 0.6 is 0 Å². The summed E-state index contributed by atoms with van der Waals surface area (Å²) in [5.41, 5.74) is 5.10. The molecule has 2 aliphatic heterocycles. The minimum Gasteiger partial charge on any atom is -0.497 e. The minimum absolute atomic E-state index is 0.666. The van der Waals surface area contributed by atoms with Gasteiger partial charge >= 0.3 is 0 Å². The molecule has 0 aliphatic carbocycles. The lowest BCUT2D eigenvalue weighted by molar-refractivity contribution is 0.323. The zero-order valence-electron chi connectivity index (χ0n) is 19.4. The predicted octanol–water partition coefficient (Wildman–Crippen LogP) is 5.53. The molecule has 1 aromatic heterocycles. The molecular formula is C27H34N2O3. The summed E-state index contributed by atoms with van der Waals surface area (Å²) >= 11 is 0. The van der Waals surface area contributed by atoms with Gasteiger partial charge in [-0.1, -0.05) is 6.42 Å². The van der Waals surface area contributed by atoms with E-state index in [9.17, 15) is 0 Å². The molecule has 1 saturated heterocycles. The third-order valence-electron chi connectivity index (χ3n) is 6.98. The van der Waals surface area contributed by atoms with Gasteiger partial charge in [0.1, 0.15) is 17.2 Å². The summed E-state index contributed by atoms with van der Waals surface area (Å²) in [6, 6.07) is 12.7. The van der Waals surface area contributed by atoms with Crippen LogP contribution in [0.2, 0.25) is 0 Å². The van der Waals surface area contributed by atoms with Crippen molar-refractivity contribution >= 4 is 10.9 Å². The van der Waals surface area contributed by atoms with E-state index in [1.165, 1.54) is 73.9 Å². The van der Waals surface area contributed by atoms with Gasteiger partial charge < -0.3 is 23.7 Å². The van der Waals surface area contributed by atoms with E-state index in [2.05, 4.69) is 33.7 Å². The molecule has 0 spiro atoms. The molecule has 2 aromatic carbocycles. The Morgan fingerprint density at radius 1 is 0.875 bits per heavy atom. The molecule has 0 bridgehead atoms. The van der Waals surface area contributed by atoms with Crippen LogP contribution in [0.15, 0.2) is 36.4 Å². The Morgan fingerprint density at radius 3 is 2.44 bits per heavy atom. The first kappa shape index (κ1) is 21.2. The van der Waals surface area contributed by atoms with Crippen LogP contribution < -0.4 is 14.2 Å². The molecule has 1 fully saturated rings. The molecule has 0 N–H and O–H groups in total. The maximum absolute atomic E-state index is 6.16. The van der Waals surface area contributed by atoms with E-state index in [-0.39, 0.29) is 0 Å². The first-order valence-electron chi connectivity index (χ1n) is 12.0. The molecule has 5 rings (SSSR count). The number of likely N-dealkylation sites (tertiary alicyclic amines) is 1. The number of unbranched alkanes of at least 4 members (excludes halogenated alkanes) is 2. The molecule has 32 heavy (non-hydrogen) atoms. The number of rotatable bonds is 8. The van der Waals surface area contributed by atoms with Crippen molar-refractivity contribution in [2.75, 3.05) is 40.5 Å². The zero-order chi connectivity index (χ0) is 21.9. The average molecular weight is 435 g/mol. The number of ether oxygens (including phenoxy) is 3. The number of aryl methyl sites for hydroxylation is 1. The van der Waals surface area contributed by atoms with Crippen LogP contribution in [0.4, 0.5) is 0 Å². The normalized spacial score (nSPS) is 15.8. The van der Waals surface area contributed by atoms with Gasteiger partial charge in [0.25, 0.3) is 0 Å². The second-order valence-corrected chi connectivity index (χ2v) is 8.93. The van der Waals surface area contributed by atoms with E-state index in [0.717, 1.165) is 35.8 Å². The van der Waals surface area contributed by atoms with Crippen molar-refractivity contribution in [3.8, 4) is 28.5 Å². The fraction of sp³-hybridized carbons (Fsp3) is 0.481. The molecule has 0 atom stereocenters. The lowest BCUT2D eigenvalue weighted by Crippen LogP contribution is -2.20. The standard InChI is InChI=1S/C27H34N2O3/c1-30-20-9-11-25-24(18-20)22-12-17-32-26-19-21(31-2)8-10-23(26)27(22)29(25)16-5-3-4-13-28-14-6-7-15-28/h8-11,18-19H,3-7,12-17H2,1-2H3. The third-order valence-corrected chi connectivity index (χ3v) is 6.98. The molecule has 5 nitrogen and oxygen atoms in total. The van der Waals surface area contributed by atoms with Crippen molar-refractivity contribution in [3.05, 3.63) is 42.0 Å². The average Bonchev–Trinajstić information content (AvgIpc) is 3.40. The summed E-state index contributed by atoms with van der Waals surface area (Å²) in [5, 5.41) is 1.28. The van der Waals surface area contributed by atoms with Crippen LogP contribution in [-0.2, 0) is 13.0 Å². The number of aromatic nitrogens is 1. The Hall–Kier alpha value is -2.66. The van der Waals surface area contributed by atoms with Gasteiger partial charge in [-0.2, -0.15) is 0 Å². The molecule has 5 heteroatoms. The minimum atomic E-state index is 0.666. The zero-order valence-corrected chi connectivity index (χ0v) is 19.4. The van der Waals surface area contributed by atoms with Gasteiger partial charge in [-0.15, -0.1) is 0 Å². The lowest BCUT2D eigenvalue weighted by Gasteiger charge is -2.16. The highest BCUT2D eigenvalue weighted by atomic mass is 16.5. The molecule has 170 valence electrons. The number of nitrogens with zero attached hydrogens (tertiary/aromatic N) is 2. The van der Waals surface area contributed by atoms with E-state index in [1.54, 1.807) is 14.2 Å². The largest absolute Gasteiger partial charge is 0.497 e. The van der Waals surface area contributed by atoms with E-state index >= 15 is 0 Å². The van der Waals surface area contributed by atoms with Gasteiger partial charge in [-0.05, 0) is 81.2 Å². The number of hydrogen-bond donors (Lipinski definition) is 0. The predicted molar refractivity (Wildman–Crippen MR) is 129 cm³/mol. The van der Waals surface area contributed by atoms with Crippen LogP contribution in [0.1, 0.15) is 37.7 Å². The summed E-state index contributed by atoms with van der Waals surface area (Å²) in [4.78, 5) is 2.62. The number of benzene rings is 2. The second-order valence-electron chi connectivity index (χ2n) is 8.93. The van der Waals surface area contributed by atoms with Gasteiger partial charge in [-0.25, -0.2) is 0 Å². The van der Waals surface area contributed by atoms with Crippen molar-refractivity contribution < 1.29 is 14.2 Å². The molecule has 0 amide bonds. The van der Waals surface area contributed by atoms with Crippen molar-refractivity contribution in [1.82, 2.24) is 9.47 Å². The smallest absolute Gasteiger partial charge is 0.132 e. The highest BCUT2D eigenvalue weighted by Crippen LogP contribution is 2.43. The van der Waals surface area contributed by atoms with Crippen molar-refractivity contribution in [3.63, 3.8) is 0 Å². The first-order chi connectivity index (χ1) is 15.8. The maximum atomic E-state index is 6.16. The Labute approximate surface area is 190 Å². The van der Waals surface area contributed by atoms with Gasteiger partial charge in [0.15, 0.2) is 0 Å². The molecular weight excluding hydrogens is 400 g/mol.